The maximum atomic E-state index is 11.8. The third-order valence-corrected chi connectivity index (χ3v) is 4.88. The number of rotatable bonds is 18. The summed E-state index contributed by atoms with van der Waals surface area (Å²) in [6, 6.07) is 0. The summed E-state index contributed by atoms with van der Waals surface area (Å²) in [6.07, 6.45) is 20.4. The molecule has 0 aromatic heterocycles. The maximum Gasteiger partial charge on any atom is 0.333 e. The van der Waals surface area contributed by atoms with Crippen molar-refractivity contribution in [2.45, 2.75) is 130 Å². The average Bonchev–Trinajstić information content (AvgIpc) is 2.59. The summed E-state index contributed by atoms with van der Waals surface area (Å²) in [6.45, 7) is 9.96. The van der Waals surface area contributed by atoms with E-state index in [9.17, 15) is 4.79 Å². The molecule has 0 aliphatic rings. The fourth-order valence-corrected chi connectivity index (χ4v) is 3.17. The Morgan fingerprint density at radius 3 is 1.44 bits per heavy atom. The Morgan fingerprint density at radius 2 is 1.08 bits per heavy atom. The van der Waals surface area contributed by atoms with Crippen LogP contribution in [0.4, 0.5) is 0 Å². The van der Waals surface area contributed by atoms with E-state index in [1.54, 1.807) is 6.92 Å². The Kier molecular flexibility index (Phi) is 17.4. The second-order valence-electron chi connectivity index (χ2n) is 7.63. The number of ether oxygens (including phenoxy) is 1. The molecular weight excluding hydrogens is 308 g/mol. The van der Waals surface area contributed by atoms with Gasteiger partial charge in [0.2, 0.25) is 0 Å². The van der Waals surface area contributed by atoms with Crippen molar-refractivity contribution in [3.8, 4) is 0 Å². The Morgan fingerprint density at radius 1 is 0.720 bits per heavy atom. The van der Waals surface area contributed by atoms with Crippen LogP contribution in [0.25, 0.3) is 0 Å². The van der Waals surface area contributed by atoms with Gasteiger partial charge in [-0.25, -0.2) is 4.79 Å². The number of hydrogen-bond donors (Lipinski definition) is 0. The zero-order chi connectivity index (χ0) is 18.8. The van der Waals surface area contributed by atoms with Crippen LogP contribution in [-0.2, 0) is 9.53 Å². The highest BCUT2D eigenvalue weighted by atomic mass is 16.5. The average molecular weight is 353 g/mol. The van der Waals surface area contributed by atoms with Crippen LogP contribution in [0.5, 0.6) is 0 Å². The molecule has 148 valence electrons. The molecule has 0 rings (SSSR count). The first-order valence-electron chi connectivity index (χ1n) is 11.0. The van der Waals surface area contributed by atoms with Crippen LogP contribution in [0.15, 0.2) is 12.2 Å². The van der Waals surface area contributed by atoms with Crippen LogP contribution >= 0.6 is 0 Å². The lowest BCUT2D eigenvalue weighted by Gasteiger charge is -2.18. The second kappa shape index (κ2) is 18.0. The topological polar surface area (TPSA) is 26.3 Å². The van der Waals surface area contributed by atoms with Gasteiger partial charge in [0.25, 0.3) is 0 Å². The summed E-state index contributed by atoms with van der Waals surface area (Å²) < 4.78 is 5.66. The van der Waals surface area contributed by atoms with E-state index >= 15 is 0 Å². The van der Waals surface area contributed by atoms with Crippen molar-refractivity contribution in [3.63, 3.8) is 0 Å². The first-order chi connectivity index (χ1) is 12.1. The van der Waals surface area contributed by atoms with Gasteiger partial charge in [0.1, 0.15) is 6.10 Å². The molecule has 0 aliphatic heterocycles. The van der Waals surface area contributed by atoms with Gasteiger partial charge in [-0.05, 0) is 32.6 Å². The first-order valence-corrected chi connectivity index (χ1v) is 11.0. The molecule has 0 unspecified atom stereocenters. The van der Waals surface area contributed by atoms with Crippen LogP contribution in [-0.4, -0.2) is 12.1 Å². The minimum Gasteiger partial charge on any atom is -0.459 e. The van der Waals surface area contributed by atoms with Crippen molar-refractivity contribution in [2.24, 2.45) is 0 Å². The summed E-state index contributed by atoms with van der Waals surface area (Å²) >= 11 is 0. The van der Waals surface area contributed by atoms with Gasteiger partial charge in [-0.3, -0.25) is 0 Å². The van der Waals surface area contributed by atoms with E-state index in [4.69, 9.17) is 4.74 Å². The van der Waals surface area contributed by atoms with Crippen LogP contribution in [0.1, 0.15) is 124 Å². The van der Waals surface area contributed by atoms with Gasteiger partial charge in [-0.1, -0.05) is 97.5 Å². The Bertz CT molecular complexity index is 304. The minimum atomic E-state index is -0.212. The predicted octanol–water partition coefficient (Wildman–Crippen LogP) is 7.76. The van der Waals surface area contributed by atoms with Crippen LogP contribution < -0.4 is 0 Å². The van der Waals surface area contributed by atoms with E-state index in [2.05, 4.69) is 20.4 Å². The van der Waals surface area contributed by atoms with Gasteiger partial charge in [0.05, 0.1) is 0 Å². The van der Waals surface area contributed by atoms with E-state index in [-0.39, 0.29) is 12.1 Å². The lowest BCUT2D eigenvalue weighted by molar-refractivity contribution is -0.145. The zero-order valence-corrected chi connectivity index (χ0v) is 17.4. The van der Waals surface area contributed by atoms with Crippen LogP contribution in [0.3, 0.4) is 0 Å². The van der Waals surface area contributed by atoms with Gasteiger partial charge in [0.15, 0.2) is 0 Å². The molecule has 0 fully saturated rings. The highest BCUT2D eigenvalue weighted by Gasteiger charge is 2.14. The van der Waals surface area contributed by atoms with Crippen molar-refractivity contribution < 1.29 is 9.53 Å². The summed E-state index contributed by atoms with van der Waals surface area (Å²) in [5.41, 5.74) is 0.518. The normalized spacial score (nSPS) is 11.0. The number of unbranched alkanes of at least 4 members (excludes halogenated alkanes) is 12. The quantitative estimate of drug-likeness (QED) is 0.143. The minimum absolute atomic E-state index is 0.0930. The molecule has 0 N–H and O–H groups in total. The van der Waals surface area contributed by atoms with Crippen molar-refractivity contribution in [1.29, 1.82) is 0 Å². The van der Waals surface area contributed by atoms with Crippen LogP contribution in [0, 0.1) is 0 Å². The molecule has 0 radical (unpaired) electrons. The van der Waals surface area contributed by atoms with Crippen LogP contribution in [0.2, 0.25) is 0 Å². The van der Waals surface area contributed by atoms with E-state index in [0.29, 0.717) is 5.57 Å². The number of esters is 1. The Labute approximate surface area is 157 Å². The lowest BCUT2D eigenvalue weighted by atomic mass is 10.0. The predicted molar refractivity (Wildman–Crippen MR) is 110 cm³/mol. The second-order valence-corrected chi connectivity index (χ2v) is 7.63. The van der Waals surface area contributed by atoms with Gasteiger partial charge in [0, 0.05) is 5.57 Å². The van der Waals surface area contributed by atoms with E-state index < -0.39 is 0 Å². The smallest absolute Gasteiger partial charge is 0.333 e. The van der Waals surface area contributed by atoms with Gasteiger partial charge in [-0.2, -0.15) is 0 Å². The molecule has 0 aliphatic carbocycles. The Balaban J connectivity index is 3.90. The van der Waals surface area contributed by atoms with Crippen molar-refractivity contribution in [3.05, 3.63) is 12.2 Å². The molecule has 0 atom stereocenters. The van der Waals surface area contributed by atoms with Crippen molar-refractivity contribution in [2.75, 3.05) is 0 Å². The summed E-state index contributed by atoms with van der Waals surface area (Å²) in [5.74, 6) is -0.212. The molecule has 0 amide bonds. The monoisotopic (exact) mass is 352 g/mol. The van der Waals surface area contributed by atoms with E-state index in [0.717, 1.165) is 12.8 Å². The highest BCUT2D eigenvalue weighted by molar-refractivity contribution is 5.87. The molecule has 0 aromatic rings. The van der Waals surface area contributed by atoms with E-state index in [1.807, 2.05) is 0 Å². The Hall–Kier alpha value is -0.790. The number of hydrogen-bond acceptors (Lipinski definition) is 2. The number of carbonyl (C=O) groups is 1. The third-order valence-electron chi connectivity index (χ3n) is 4.88. The van der Waals surface area contributed by atoms with Crippen molar-refractivity contribution in [1.82, 2.24) is 0 Å². The molecule has 2 heteroatoms. The van der Waals surface area contributed by atoms with E-state index in [1.165, 1.54) is 89.9 Å². The summed E-state index contributed by atoms with van der Waals surface area (Å²) in [7, 11) is 0. The largest absolute Gasteiger partial charge is 0.459 e. The molecule has 0 heterocycles. The lowest BCUT2D eigenvalue weighted by Crippen LogP contribution is -2.18. The number of carbonyl (C=O) groups excluding carboxylic acids is 1. The fourth-order valence-electron chi connectivity index (χ4n) is 3.17. The van der Waals surface area contributed by atoms with Gasteiger partial charge in [-0.15, -0.1) is 0 Å². The third kappa shape index (κ3) is 16.4. The van der Waals surface area contributed by atoms with Gasteiger partial charge < -0.3 is 4.74 Å². The molecule has 0 saturated heterocycles. The standard InChI is InChI=1S/C23H44O2/c1-5-7-9-11-13-15-17-19-22(25-23(24)21(3)4)20-18-16-14-12-10-8-6-2/h22H,3,5-20H2,1-2,4H3. The van der Waals surface area contributed by atoms with Crippen molar-refractivity contribution >= 4 is 5.97 Å². The molecular formula is C23H44O2. The fraction of sp³-hybridized carbons (Fsp3) is 0.870. The molecule has 0 spiro atoms. The highest BCUT2D eigenvalue weighted by Crippen LogP contribution is 2.18. The summed E-state index contributed by atoms with van der Waals surface area (Å²) in [4.78, 5) is 11.8. The molecule has 25 heavy (non-hydrogen) atoms. The molecule has 0 bridgehead atoms. The first kappa shape index (κ1) is 24.2. The SMILES string of the molecule is C=C(C)C(=O)OC(CCCCCCCCC)CCCCCCCCC. The summed E-state index contributed by atoms with van der Waals surface area (Å²) in [5, 5.41) is 0. The zero-order valence-electron chi connectivity index (χ0n) is 17.4. The van der Waals surface area contributed by atoms with Gasteiger partial charge >= 0.3 is 5.97 Å². The maximum absolute atomic E-state index is 11.8. The molecule has 2 nitrogen and oxygen atoms in total. The molecule has 0 aromatic carbocycles. The molecule has 0 saturated carbocycles.